The fourth-order valence-electron chi connectivity index (χ4n) is 3.08. The van der Waals surface area contributed by atoms with E-state index in [1.165, 1.54) is 36.4 Å². The van der Waals surface area contributed by atoms with Gasteiger partial charge in [0.1, 0.15) is 0 Å². The van der Waals surface area contributed by atoms with Crippen molar-refractivity contribution < 1.29 is 39.6 Å². The molecular weight excluding hydrogens is 406 g/mol. The molecule has 0 unspecified atom stereocenters. The Morgan fingerprint density at radius 2 is 0.903 bits per heavy atom. The molecule has 31 heavy (non-hydrogen) atoms. The maximum atomic E-state index is 11.3. The topological polar surface area (TPSA) is 175 Å². The standard InChI is InChI=1S/C22H15NO8/c23-18-9-10(11-3-13(19(24)25)7-14(4-11)20(26)27)1-2-17(18)12-5-15(21(28)29)8-16(6-12)22(30)31/h1-9H,23H2,(H,24,25)(H,26,27)(H,28,29)(H,30,31). The van der Waals surface area contributed by atoms with E-state index in [0.29, 0.717) is 16.7 Å². The van der Waals surface area contributed by atoms with Crippen LogP contribution in [0.2, 0.25) is 0 Å². The van der Waals surface area contributed by atoms with E-state index in [1.807, 2.05) is 0 Å². The number of carboxylic acids is 4. The predicted octanol–water partition coefficient (Wildman–Crippen LogP) is 3.40. The Hall–Kier alpha value is -4.66. The predicted molar refractivity (Wildman–Crippen MR) is 110 cm³/mol. The van der Waals surface area contributed by atoms with Crippen molar-refractivity contribution in [2.45, 2.75) is 0 Å². The molecule has 0 amide bonds. The molecule has 3 aromatic rings. The van der Waals surface area contributed by atoms with Crippen LogP contribution in [0.3, 0.4) is 0 Å². The zero-order valence-electron chi connectivity index (χ0n) is 15.7. The average molecular weight is 421 g/mol. The number of benzene rings is 3. The van der Waals surface area contributed by atoms with Gasteiger partial charge in [0.25, 0.3) is 0 Å². The monoisotopic (exact) mass is 421 g/mol. The van der Waals surface area contributed by atoms with Crippen molar-refractivity contribution in [1.82, 2.24) is 0 Å². The highest BCUT2D eigenvalue weighted by atomic mass is 16.4. The summed E-state index contributed by atoms with van der Waals surface area (Å²) in [5, 5.41) is 37.0. The Labute approximate surface area is 174 Å². The molecule has 3 aromatic carbocycles. The SMILES string of the molecule is Nc1cc(-c2cc(C(=O)O)cc(C(=O)O)c2)ccc1-c1cc(C(=O)O)cc(C(=O)O)c1. The van der Waals surface area contributed by atoms with E-state index in [-0.39, 0.29) is 33.5 Å². The molecule has 0 heterocycles. The second kappa shape index (κ2) is 7.99. The van der Waals surface area contributed by atoms with Crippen LogP contribution in [-0.4, -0.2) is 44.3 Å². The summed E-state index contributed by atoms with van der Waals surface area (Å²) in [6, 6.07) is 11.8. The maximum Gasteiger partial charge on any atom is 0.335 e. The molecule has 0 aromatic heterocycles. The van der Waals surface area contributed by atoms with Crippen LogP contribution in [0.5, 0.6) is 0 Å². The first-order chi connectivity index (χ1) is 14.6. The van der Waals surface area contributed by atoms with Crippen LogP contribution in [0.4, 0.5) is 5.69 Å². The molecule has 0 saturated heterocycles. The zero-order chi connectivity index (χ0) is 22.9. The molecule has 0 fully saturated rings. The zero-order valence-corrected chi connectivity index (χ0v) is 15.7. The minimum atomic E-state index is -1.30. The van der Waals surface area contributed by atoms with Gasteiger partial charge in [-0.15, -0.1) is 0 Å². The van der Waals surface area contributed by atoms with Crippen LogP contribution < -0.4 is 5.73 Å². The Bertz CT molecular complexity index is 1200. The average Bonchev–Trinajstić information content (AvgIpc) is 2.72. The number of hydrogen-bond donors (Lipinski definition) is 5. The van der Waals surface area contributed by atoms with Crippen molar-refractivity contribution >= 4 is 29.6 Å². The molecule has 0 spiro atoms. The summed E-state index contributed by atoms with van der Waals surface area (Å²) >= 11 is 0. The summed E-state index contributed by atoms with van der Waals surface area (Å²) in [7, 11) is 0. The lowest BCUT2D eigenvalue weighted by atomic mass is 9.94. The summed E-state index contributed by atoms with van der Waals surface area (Å²) in [6.07, 6.45) is 0. The molecule has 0 bridgehead atoms. The number of anilines is 1. The van der Waals surface area contributed by atoms with E-state index in [1.54, 1.807) is 6.07 Å². The van der Waals surface area contributed by atoms with Crippen LogP contribution in [-0.2, 0) is 0 Å². The third kappa shape index (κ3) is 4.35. The Kier molecular flexibility index (Phi) is 5.43. The highest BCUT2D eigenvalue weighted by Gasteiger charge is 2.16. The van der Waals surface area contributed by atoms with Crippen LogP contribution in [0.1, 0.15) is 41.4 Å². The molecule has 0 saturated carbocycles. The van der Waals surface area contributed by atoms with E-state index in [4.69, 9.17) is 5.73 Å². The minimum absolute atomic E-state index is 0.161. The van der Waals surface area contributed by atoms with Gasteiger partial charge in [-0.05, 0) is 59.2 Å². The molecule has 6 N–H and O–H groups in total. The Morgan fingerprint density at radius 1 is 0.516 bits per heavy atom. The van der Waals surface area contributed by atoms with Crippen molar-refractivity contribution in [3.63, 3.8) is 0 Å². The molecular formula is C22H15NO8. The summed E-state index contributed by atoms with van der Waals surface area (Å²) in [6.45, 7) is 0. The van der Waals surface area contributed by atoms with Gasteiger partial charge in [-0.3, -0.25) is 0 Å². The van der Waals surface area contributed by atoms with Gasteiger partial charge in [-0.2, -0.15) is 0 Å². The Morgan fingerprint density at radius 3 is 1.26 bits per heavy atom. The fraction of sp³-hybridized carbons (Fsp3) is 0. The molecule has 0 aliphatic rings. The lowest BCUT2D eigenvalue weighted by Gasteiger charge is -2.12. The summed E-state index contributed by atoms with van der Waals surface area (Å²) in [4.78, 5) is 45.3. The number of carbonyl (C=O) groups is 4. The largest absolute Gasteiger partial charge is 0.478 e. The summed E-state index contributed by atoms with van der Waals surface area (Å²) < 4.78 is 0. The third-order valence-corrected chi connectivity index (χ3v) is 4.55. The number of nitrogen functional groups attached to an aromatic ring is 1. The van der Waals surface area contributed by atoms with Gasteiger partial charge in [0.2, 0.25) is 0 Å². The summed E-state index contributed by atoms with van der Waals surface area (Å²) in [5.41, 5.74) is 6.77. The molecule has 9 nitrogen and oxygen atoms in total. The van der Waals surface area contributed by atoms with Gasteiger partial charge in [0.05, 0.1) is 22.3 Å². The van der Waals surface area contributed by atoms with Gasteiger partial charge in [-0.25, -0.2) is 19.2 Å². The second-order valence-corrected chi connectivity index (χ2v) is 6.62. The number of nitrogens with two attached hydrogens (primary N) is 1. The molecule has 0 atom stereocenters. The van der Waals surface area contributed by atoms with Crippen LogP contribution >= 0.6 is 0 Å². The van der Waals surface area contributed by atoms with Gasteiger partial charge >= 0.3 is 23.9 Å². The molecule has 9 heteroatoms. The van der Waals surface area contributed by atoms with E-state index >= 15 is 0 Å². The van der Waals surface area contributed by atoms with Crippen molar-refractivity contribution in [2.24, 2.45) is 0 Å². The fourth-order valence-corrected chi connectivity index (χ4v) is 3.08. The molecule has 0 aliphatic carbocycles. The second-order valence-electron chi connectivity index (χ2n) is 6.62. The lowest BCUT2D eigenvalue weighted by Crippen LogP contribution is -2.04. The van der Waals surface area contributed by atoms with Gasteiger partial charge in [0.15, 0.2) is 0 Å². The van der Waals surface area contributed by atoms with E-state index in [9.17, 15) is 39.6 Å². The van der Waals surface area contributed by atoms with Crippen LogP contribution in [0.15, 0.2) is 54.6 Å². The maximum absolute atomic E-state index is 11.3. The highest BCUT2D eigenvalue weighted by Crippen LogP contribution is 2.33. The van der Waals surface area contributed by atoms with E-state index < -0.39 is 23.9 Å². The quantitative estimate of drug-likeness (QED) is 0.373. The molecule has 156 valence electrons. The normalized spacial score (nSPS) is 10.5. The van der Waals surface area contributed by atoms with Gasteiger partial charge < -0.3 is 26.2 Å². The lowest BCUT2D eigenvalue weighted by molar-refractivity contribution is 0.0676. The number of hydrogen-bond acceptors (Lipinski definition) is 5. The Balaban J connectivity index is 2.13. The number of rotatable bonds is 6. The number of carboxylic acid groups (broad SMARTS) is 4. The van der Waals surface area contributed by atoms with Gasteiger partial charge in [0, 0.05) is 11.3 Å². The van der Waals surface area contributed by atoms with Crippen molar-refractivity contribution in [1.29, 1.82) is 0 Å². The van der Waals surface area contributed by atoms with Crippen molar-refractivity contribution in [3.05, 3.63) is 76.9 Å². The van der Waals surface area contributed by atoms with Crippen molar-refractivity contribution in [2.75, 3.05) is 5.73 Å². The van der Waals surface area contributed by atoms with Crippen LogP contribution in [0.25, 0.3) is 22.3 Å². The first kappa shape index (κ1) is 21.1. The molecule has 0 aliphatic heterocycles. The smallest absolute Gasteiger partial charge is 0.335 e. The third-order valence-electron chi connectivity index (χ3n) is 4.55. The van der Waals surface area contributed by atoms with Crippen LogP contribution in [0, 0.1) is 0 Å². The van der Waals surface area contributed by atoms with Crippen molar-refractivity contribution in [3.8, 4) is 22.3 Å². The van der Waals surface area contributed by atoms with E-state index in [0.717, 1.165) is 12.1 Å². The van der Waals surface area contributed by atoms with Gasteiger partial charge in [-0.1, -0.05) is 12.1 Å². The first-order valence-electron chi connectivity index (χ1n) is 8.70. The highest BCUT2D eigenvalue weighted by molar-refractivity contribution is 5.98. The number of aromatic carboxylic acids is 4. The van der Waals surface area contributed by atoms with E-state index in [2.05, 4.69) is 0 Å². The molecule has 3 rings (SSSR count). The molecule has 0 radical (unpaired) electrons. The first-order valence-corrected chi connectivity index (χ1v) is 8.70. The minimum Gasteiger partial charge on any atom is -0.478 e. The summed E-state index contributed by atoms with van der Waals surface area (Å²) in [5.74, 6) is -5.18.